The van der Waals surface area contributed by atoms with E-state index in [2.05, 4.69) is 9.97 Å². The molecule has 0 aliphatic carbocycles. The summed E-state index contributed by atoms with van der Waals surface area (Å²) in [5, 5.41) is 0. The highest BCUT2D eigenvalue weighted by molar-refractivity contribution is 5.78. The summed E-state index contributed by atoms with van der Waals surface area (Å²) in [5.41, 5.74) is 7.60. The van der Waals surface area contributed by atoms with Gasteiger partial charge >= 0.3 is 5.69 Å². The summed E-state index contributed by atoms with van der Waals surface area (Å²) in [7, 11) is 0. The quantitative estimate of drug-likeness (QED) is 0.656. The highest BCUT2D eigenvalue weighted by atomic mass is 16.1. The summed E-state index contributed by atoms with van der Waals surface area (Å²) in [6.07, 6.45) is 1.61. The maximum absolute atomic E-state index is 11.9. The number of nitrogens with one attached hydrogen (secondary N) is 1. The molecule has 0 unspecified atom stereocenters. The van der Waals surface area contributed by atoms with Crippen molar-refractivity contribution in [3.63, 3.8) is 0 Å². The number of nitrogen functional groups attached to an aromatic ring is 1. The molecule has 3 aromatic rings. The molecule has 0 atom stereocenters. The van der Waals surface area contributed by atoms with Crippen molar-refractivity contribution in [3.8, 4) is 5.82 Å². The van der Waals surface area contributed by atoms with E-state index in [-0.39, 0.29) is 5.69 Å². The first-order valence-electron chi connectivity index (χ1n) is 5.18. The Balaban J connectivity index is 2.42. The Morgan fingerprint density at radius 1 is 1.18 bits per heavy atom. The van der Waals surface area contributed by atoms with Gasteiger partial charge < -0.3 is 10.7 Å². The summed E-state index contributed by atoms with van der Waals surface area (Å²) in [4.78, 5) is 18.8. The van der Waals surface area contributed by atoms with Gasteiger partial charge in [-0.25, -0.2) is 14.3 Å². The first-order valence-corrected chi connectivity index (χ1v) is 5.18. The third kappa shape index (κ3) is 1.40. The topological polar surface area (TPSA) is 76.7 Å². The average Bonchev–Trinajstić information content (AvgIpc) is 2.66. The Kier molecular flexibility index (Phi) is 1.98. The number of hydrogen-bond donors (Lipinski definition) is 2. The SMILES string of the molecule is Nc1cccnc1-n1c(=O)[nH]c2ccccc21. The van der Waals surface area contributed by atoms with Crippen LogP contribution in [0.5, 0.6) is 0 Å². The first-order chi connectivity index (χ1) is 8.27. The molecule has 0 fully saturated rings. The molecule has 5 heteroatoms. The van der Waals surface area contributed by atoms with E-state index in [1.165, 1.54) is 4.57 Å². The van der Waals surface area contributed by atoms with Crippen molar-refractivity contribution >= 4 is 16.7 Å². The van der Waals surface area contributed by atoms with E-state index in [1.54, 1.807) is 18.3 Å². The average molecular weight is 226 g/mol. The van der Waals surface area contributed by atoms with Gasteiger partial charge in [0, 0.05) is 6.20 Å². The number of para-hydroxylation sites is 2. The molecular weight excluding hydrogens is 216 g/mol. The highest BCUT2D eigenvalue weighted by Crippen LogP contribution is 2.17. The van der Waals surface area contributed by atoms with Crippen LogP contribution in [-0.4, -0.2) is 14.5 Å². The van der Waals surface area contributed by atoms with Crippen molar-refractivity contribution in [3.05, 3.63) is 53.1 Å². The fourth-order valence-electron chi connectivity index (χ4n) is 1.86. The minimum Gasteiger partial charge on any atom is -0.396 e. The van der Waals surface area contributed by atoms with Crippen LogP contribution in [-0.2, 0) is 0 Å². The van der Waals surface area contributed by atoms with Crippen LogP contribution in [0.3, 0.4) is 0 Å². The largest absolute Gasteiger partial charge is 0.396 e. The van der Waals surface area contributed by atoms with Gasteiger partial charge in [-0.2, -0.15) is 0 Å². The number of benzene rings is 1. The standard InChI is InChI=1S/C12H10N4O/c13-8-4-3-7-14-11(8)16-10-6-2-1-5-9(10)15-12(16)17/h1-7H,13H2,(H,15,17). The molecule has 0 spiro atoms. The monoisotopic (exact) mass is 226 g/mol. The lowest BCUT2D eigenvalue weighted by Crippen LogP contribution is -2.17. The number of nitrogens with two attached hydrogens (primary N) is 1. The third-order valence-corrected chi connectivity index (χ3v) is 2.62. The van der Waals surface area contributed by atoms with Gasteiger partial charge in [-0.15, -0.1) is 0 Å². The van der Waals surface area contributed by atoms with Crippen LogP contribution in [0, 0.1) is 0 Å². The lowest BCUT2D eigenvalue weighted by molar-refractivity contribution is 0.970. The predicted molar refractivity (Wildman–Crippen MR) is 66.1 cm³/mol. The van der Waals surface area contributed by atoms with E-state index in [0.717, 1.165) is 11.0 Å². The summed E-state index contributed by atoms with van der Waals surface area (Å²) >= 11 is 0. The number of anilines is 1. The number of imidazole rings is 1. The van der Waals surface area contributed by atoms with Gasteiger partial charge in [-0.05, 0) is 24.3 Å². The fraction of sp³-hybridized carbons (Fsp3) is 0. The number of rotatable bonds is 1. The van der Waals surface area contributed by atoms with E-state index in [9.17, 15) is 4.79 Å². The molecule has 2 heterocycles. The zero-order valence-corrected chi connectivity index (χ0v) is 8.92. The number of fused-ring (bicyclic) bond motifs is 1. The van der Waals surface area contributed by atoms with E-state index in [1.807, 2.05) is 24.3 Å². The van der Waals surface area contributed by atoms with E-state index >= 15 is 0 Å². The zero-order valence-electron chi connectivity index (χ0n) is 8.92. The van der Waals surface area contributed by atoms with Crippen molar-refractivity contribution in [2.75, 3.05) is 5.73 Å². The highest BCUT2D eigenvalue weighted by Gasteiger charge is 2.10. The van der Waals surface area contributed by atoms with Crippen LogP contribution in [0.4, 0.5) is 5.69 Å². The lowest BCUT2D eigenvalue weighted by Gasteiger charge is -2.04. The number of H-pyrrole nitrogens is 1. The minimum atomic E-state index is -0.239. The molecule has 3 rings (SSSR count). The molecular formula is C12H10N4O. The molecule has 0 radical (unpaired) electrons. The molecule has 5 nitrogen and oxygen atoms in total. The number of nitrogens with zero attached hydrogens (tertiary/aromatic N) is 2. The molecule has 0 bridgehead atoms. The van der Waals surface area contributed by atoms with E-state index in [0.29, 0.717) is 11.5 Å². The Morgan fingerprint density at radius 2 is 2.00 bits per heavy atom. The van der Waals surface area contributed by atoms with Gasteiger partial charge in [-0.1, -0.05) is 12.1 Å². The van der Waals surface area contributed by atoms with Crippen molar-refractivity contribution in [1.29, 1.82) is 0 Å². The lowest BCUT2D eigenvalue weighted by atomic mass is 10.3. The molecule has 17 heavy (non-hydrogen) atoms. The Morgan fingerprint density at radius 3 is 2.82 bits per heavy atom. The van der Waals surface area contributed by atoms with Gasteiger partial charge in [0.15, 0.2) is 5.82 Å². The Labute approximate surface area is 96.5 Å². The second kappa shape index (κ2) is 3.48. The van der Waals surface area contributed by atoms with Crippen LogP contribution in [0.2, 0.25) is 0 Å². The van der Waals surface area contributed by atoms with Crippen LogP contribution < -0.4 is 11.4 Å². The minimum absolute atomic E-state index is 0.239. The number of aromatic amines is 1. The molecule has 84 valence electrons. The molecule has 1 aromatic carbocycles. The molecule has 3 N–H and O–H groups in total. The first kappa shape index (κ1) is 9.65. The zero-order chi connectivity index (χ0) is 11.8. The molecule has 2 aromatic heterocycles. The fourth-order valence-corrected chi connectivity index (χ4v) is 1.86. The van der Waals surface area contributed by atoms with Crippen molar-refractivity contribution in [2.24, 2.45) is 0 Å². The second-order valence-corrected chi connectivity index (χ2v) is 3.70. The smallest absolute Gasteiger partial charge is 0.332 e. The molecule has 0 saturated heterocycles. The van der Waals surface area contributed by atoms with Gasteiger partial charge in [0.1, 0.15) is 0 Å². The number of aromatic nitrogens is 3. The molecule has 0 saturated carbocycles. The van der Waals surface area contributed by atoms with Gasteiger partial charge in [0.05, 0.1) is 16.7 Å². The van der Waals surface area contributed by atoms with Gasteiger partial charge in [0.25, 0.3) is 0 Å². The van der Waals surface area contributed by atoms with Crippen LogP contribution in [0.1, 0.15) is 0 Å². The van der Waals surface area contributed by atoms with Crippen LogP contribution >= 0.6 is 0 Å². The normalized spacial score (nSPS) is 10.8. The summed E-state index contributed by atoms with van der Waals surface area (Å²) in [6, 6.07) is 10.9. The van der Waals surface area contributed by atoms with E-state index in [4.69, 9.17) is 5.73 Å². The number of pyridine rings is 1. The van der Waals surface area contributed by atoms with Gasteiger partial charge in [-0.3, -0.25) is 0 Å². The predicted octanol–water partition coefficient (Wildman–Crippen LogP) is 1.30. The molecule has 0 aliphatic rings. The summed E-state index contributed by atoms with van der Waals surface area (Å²) in [5.74, 6) is 0.454. The second-order valence-electron chi connectivity index (χ2n) is 3.70. The van der Waals surface area contributed by atoms with Crippen molar-refractivity contribution in [2.45, 2.75) is 0 Å². The maximum Gasteiger partial charge on any atom is 0.332 e. The van der Waals surface area contributed by atoms with Gasteiger partial charge in [0.2, 0.25) is 0 Å². The van der Waals surface area contributed by atoms with Crippen molar-refractivity contribution < 1.29 is 0 Å². The Hall–Kier alpha value is -2.56. The molecule has 0 amide bonds. The van der Waals surface area contributed by atoms with Crippen LogP contribution in [0.15, 0.2) is 47.4 Å². The van der Waals surface area contributed by atoms with Crippen molar-refractivity contribution in [1.82, 2.24) is 14.5 Å². The summed E-state index contributed by atoms with van der Waals surface area (Å²) < 4.78 is 1.48. The Bertz CT molecular complexity index is 741. The molecule has 0 aliphatic heterocycles. The van der Waals surface area contributed by atoms with Crippen LogP contribution in [0.25, 0.3) is 16.9 Å². The maximum atomic E-state index is 11.9. The summed E-state index contributed by atoms with van der Waals surface area (Å²) in [6.45, 7) is 0. The third-order valence-electron chi connectivity index (χ3n) is 2.62. The van der Waals surface area contributed by atoms with E-state index < -0.39 is 0 Å². The number of hydrogen-bond acceptors (Lipinski definition) is 3.